The van der Waals surface area contributed by atoms with E-state index < -0.39 is 15.9 Å². The van der Waals surface area contributed by atoms with E-state index in [0.717, 1.165) is 0 Å². The summed E-state index contributed by atoms with van der Waals surface area (Å²) < 4.78 is 28.3. The average Bonchev–Trinajstić information content (AvgIpc) is 3.25. The molecule has 0 bridgehead atoms. The Bertz CT molecular complexity index is 1270. The van der Waals surface area contributed by atoms with Crippen molar-refractivity contribution in [2.45, 2.75) is 5.75 Å². The van der Waals surface area contributed by atoms with Gasteiger partial charge in [0.25, 0.3) is 5.91 Å². The number of carbonyl (C=O) groups is 1. The molecule has 0 aliphatic heterocycles. The summed E-state index contributed by atoms with van der Waals surface area (Å²) in [6, 6.07) is 13.4. The molecule has 0 fully saturated rings. The Morgan fingerprint density at radius 1 is 0.967 bits per heavy atom. The minimum atomic E-state index is -3.86. The van der Waals surface area contributed by atoms with Crippen LogP contribution in [-0.4, -0.2) is 39.1 Å². The van der Waals surface area contributed by atoms with E-state index in [1.807, 2.05) is 0 Å². The molecule has 9 nitrogen and oxygen atoms in total. The molecule has 0 unspecified atom stereocenters. The van der Waals surface area contributed by atoms with Gasteiger partial charge in [-0.3, -0.25) is 4.79 Å². The molecule has 0 aliphatic carbocycles. The Hall–Kier alpha value is -3.92. The van der Waals surface area contributed by atoms with E-state index in [-0.39, 0.29) is 11.4 Å². The summed E-state index contributed by atoms with van der Waals surface area (Å²) in [4.78, 5) is 24.6. The molecule has 4 aromatic rings. The maximum atomic E-state index is 12.5. The smallest absolute Gasteiger partial charge is 0.266 e. The zero-order valence-electron chi connectivity index (χ0n) is 15.6. The highest BCUT2D eigenvalue weighted by Crippen LogP contribution is 2.18. The first kappa shape index (κ1) is 19.4. The third-order valence-corrected chi connectivity index (χ3v) is 5.33. The molecule has 3 heterocycles. The molecule has 4 rings (SSSR count). The van der Waals surface area contributed by atoms with Crippen LogP contribution in [0.1, 0.15) is 16.1 Å². The number of pyridine rings is 1. The number of nitrogens with one attached hydrogen (secondary N) is 1. The highest BCUT2D eigenvalue weighted by molar-refractivity contribution is 7.89. The lowest BCUT2D eigenvalue weighted by molar-refractivity contribution is 0.0976. The molecular formula is C20H16N6O3S. The van der Waals surface area contributed by atoms with Gasteiger partial charge in [0.15, 0.2) is 0 Å². The van der Waals surface area contributed by atoms with Crippen molar-refractivity contribution in [3.05, 3.63) is 90.9 Å². The fourth-order valence-corrected chi connectivity index (χ4v) is 3.84. The lowest BCUT2D eigenvalue weighted by atomic mass is 10.2. The van der Waals surface area contributed by atoms with Gasteiger partial charge in [-0.2, -0.15) is 5.10 Å². The van der Waals surface area contributed by atoms with Crippen LogP contribution < -0.4 is 4.72 Å². The maximum absolute atomic E-state index is 12.5. The molecule has 1 N–H and O–H groups in total. The Balaban J connectivity index is 1.52. The zero-order valence-corrected chi connectivity index (χ0v) is 16.4. The number of nitrogens with zero attached hydrogens (tertiary/aromatic N) is 5. The van der Waals surface area contributed by atoms with Crippen molar-refractivity contribution in [3.8, 4) is 16.9 Å². The molecule has 0 radical (unpaired) electrons. The predicted octanol–water partition coefficient (Wildman–Crippen LogP) is 1.98. The maximum Gasteiger partial charge on any atom is 0.283 e. The molecular weight excluding hydrogens is 404 g/mol. The van der Waals surface area contributed by atoms with Crippen molar-refractivity contribution >= 4 is 15.9 Å². The molecule has 10 heteroatoms. The second-order valence-electron chi connectivity index (χ2n) is 6.35. The summed E-state index contributed by atoms with van der Waals surface area (Å²) in [5.74, 6) is -1.10. The topological polar surface area (TPSA) is 120 Å². The van der Waals surface area contributed by atoms with Gasteiger partial charge in [0.1, 0.15) is 17.7 Å². The Kier molecular flexibility index (Phi) is 5.31. The number of carbonyl (C=O) groups excluding carboxylic acids is 1. The van der Waals surface area contributed by atoms with Crippen molar-refractivity contribution in [2.24, 2.45) is 0 Å². The van der Waals surface area contributed by atoms with Crippen LogP contribution in [0, 0.1) is 0 Å². The van der Waals surface area contributed by atoms with Gasteiger partial charge in [0.2, 0.25) is 10.0 Å². The monoisotopic (exact) mass is 420 g/mol. The first-order valence-electron chi connectivity index (χ1n) is 8.86. The summed E-state index contributed by atoms with van der Waals surface area (Å²) in [6.07, 6.45) is 7.94. The molecule has 0 spiro atoms. The van der Waals surface area contributed by atoms with Crippen LogP contribution in [0.4, 0.5) is 0 Å². The van der Waals surface area contributed by atoms with Gasteiger partial charge in [-0.1, -0.05) is 36.4 Å². The van der Waals surface area contributed by atoms with Crippen molar-refractivity contribution < 1.29 is 13.2 Å². The molecule has 0 saturated heterocycles. The van der Waals surface area contributed by atoms with Crippen LogP contribution in [0.2, 0.25) is 0 Å². The van der Waals surface area contributed by atoms with Crippen LogP contribution in [-0.2, 0) is 15.8 Å². The second-order valence-corrected chi connectivity index (χ2v) is 8.08. The van der Waals surface area contributed by atoms with Crippen molar-refractivity contribution in [1.29, 1.82) is 0 Å². The van der Waals surface area contributed by atoms with E-state index in [2.05, 4.69) is 24.8 Å². The number of hydrogen-bond donors (Lipinski definition) is 1. The predicted molar refractivity (Wildman–Crippen MR) is 109 cm³/mol. The Morgan fingerprint density at radius 3 is 2.50 bits per heavy atom. The lowest BCUT2D eigenvalue weighted by Gasteiger charge is -2.07. The first-order valence-corrected chi connectivity index (χ1v) is 10.5. The minimum Gasteiger partial charge on any atom is -0.266 e. The fourth-order valence-electron chi connectivity index (χ4n) is 2.75. The summed E-state index contributed by atoms with van der Waals surface area (Å²) in [5, 5.41) is 4.24. The number of benzene rings is 1. The van der Waals surface area contributed by atoms with Crippen LogP contribution in [0.25, 0.3) is 16.9 Å². The normalized spacial score (nSPS) is 11.2. The lowest BCUT2D eigenvalue weighted by Crippen LogP contribution is -2.32. The van der Waals surface area contributed by atoms with Crippen LogP contribution in [0.15, 0.2) is 79.6 Å². The average molecular weight is 420 g/mol. The highest BCUT2D eigenvalue weighted by Gasteiger charge is 2.18. The van der Waals surface area contributed by atoms with E-state index >= 15 is 0 Å². The van der Waals surface area contributed by atoms with Gasteiger partial charge in [0.05, 0.1) is 30.0 Å². The first-order chi connectivity index (χ1) is 14.5. The highest BCUT2D eigenvalue weighted by atomic mass is 32.2. The summed E-state index contributed by atoms with van der Waals surface area (Å²) in [5.41, 5.74) is 2.37. The minimum absolute atomic E-state index is 0.0140. The van der Waals surface area contributed by atoms with E-state index in [4.69, 9.17) is 0 Å². The van der Waals surface area contributed by atoms with Crippen LogP contribution in [0.5, 0.6) is 0 Å². The van der Waals surface area contributed by atoms with E-state index in [1.165, 1.54) is 12.4 Å². The van der Waals surface area contributed by atoms with Gasteiger partial charge in [-0.15, -0.1) is 0 Å². The van der Waals surface area contributed by atoms with Crippen molar-refractivity contribution in [3.63, 3.8) is 0 Å². The summed E-state index contributed by atoms with van der Waals surface area (Å²) in [7, 11) is -3.86. The van der Waals surface area contributed by atoms with Crippen LogP contribution in [0.3, 0.4) is 0 Å². The fraction of sp³-hybridized carbons (Fsp3) is 0.0500. The molecule has 0 aliphatic rings. The number of aromatic nitrogens is 5. The zero-order chi connectivity index (χ0) is 21.0. The quantitative estimate of drug-likeness (QED) is 0.506. The molecule has 0 saturated carbocycles. The molecule has 1 amide bonds. The molecule has 3 aromatic heterocycles. The van der Waals surface area contributed by atoms with E-state index in [1.54, 1.807) is 71.9 Å². The van der Waals surface area contributed by atoms with Crippen LogP contribution >= 0.6 is 0 Å². The largest absolute Gasteiger partial charge is 0.283 e. The van der Waals surface area contributed by atoms with Gasteiger partial charge in [0, 0.05) is 11.8 Å². The third kappa shape index (κ3) is 4.55. The molecule has 1 aromatic carbocycles. The standard InChI is InChI=1S/C20H16N6O3S/c27-20(25-30(28,29)13-15-5-2-1-3-6-15)19-8-4-7-18(24-19)16-9-23-26(12-16)17-10-21-14-22-11-17/h1-12,14H,13H2,(H,25,27). The van der Waals surface area contributed by atoms with Gasteiger partial charge < -0.3 is 0 Å². The van der Waals surface area contributed by atoms with Gasteiger partial charge in [-0.05, 0) is 17.7 Å². The van der Waals surface area contributed by atoms with E-state index in [9.17, 15) is 13.2 Å². The number of sulfonamides is 1. The summed E-state index contributed by atoms with van der Waals surface area (Å²) >= 11 is 0. The van der Waals surface area contributed by atoms with E-state index in [0.29, 0.717) is 22.5 Å². The molecule has 150 valence electrons. The van der Waals surface area contributed by atoms with Gasteiger partial charge >= 0.3 is 0 Å². The number of hydrogen-bond acceptors (Lipinski definition) is 7. The Morgan fingerprint density at radius 2 is 1.73 bits per heavy atom. The Labute approximate surface area is 172 Å². The van der Waals surface area contributed by atoms with Gasteiger partial charge in [-0.25, -0.2) is 32.8 Å². The number of rotatable bonds is 6. The van der Waals surface area contributed by atoms with Crippen molar-refractivity contribution in [2.75, 3.05) is 0 Å². The summed E-state index contributed by atoms with van der Waals surface area (Å²) in [6.45, 7) is 0. The van der Waals surface area contributed by atoms with Crippen molar-refractivity contribution in [1.82, 2.24) is 29.5 Å². The molecule has 30 heavy (non-hydrogen) atoms. The third-order valence-electron chi connectivity index (χ3n) is 4.12. The number of amides is 1. The SMILES string of the molecule is O=C(NS(=O)(=O)Cc1ccccc1)c1cccc(-c2cnn(-c3cncnc3)c2)n1. The second kappa shape index (κ2) is 8.21. The molecule has 0 atom stereocenters.